The minimum atomic E-state index is -0.706. The highest BCUT2D eigenvalue weighted by atomic mass is 16.5. The van der Waals surface area contributed by atoms with Crippen molar-refractivity contribution in [2.24, 2.45) is 11.7 Å². The fourth-order valence-corrected chi connectivity index (χ4v) is 2.44. The van der Waals surface area contributed by atoms with Crippen molar-refractivity contribution in [2.45, 2.75) is 19.4 Å². The molecule has 1 aliphatic heterocycles. The topological polar surface area (TPSA) is 89.7 Å². The molecule has 0 saturated carbocycles. The molecule has 1 fully saturated rings. The first kappa shape index (κ1) is 15.0. The summed E-state index contributed by atoms with van der Waals surface area (Å²) in [5, 5.41) is 0. The van der Waals surface area contributed by atoms with Gasteiger partial charge in [-0.05, 0) is 12.5 Å². The lowest BCUT2D eigenvalue weighted by molar-refractivity contribution is -0.151. The second kappa shape index (κ2) is 6.39. The number of likely N-dealkylation sites (tertiary alicyclic amines) is 1. The third-order valence-corrected chi connectivity index (χ3v) is 3.60. The van der Waals surface area contributed by atoms with Gasteiger partial charge >= 0.3 is 5.97 Å². The molecular weight excluding hydrogens is 272 g/mol. The normalized spacial score (nSPS) is 19.4. The zero-order chi connectivity index (χ0) is 15.4. The van der Waals surface area contributed by atoms with Gasteiger partial charge in [-0.25, -0.2) is 0 Å². The van der Waals surface area contributed by atoms with Gasteiger partial charge in [0.25, 0.3) is 5.91 Å². The van der Waals surface area contributed by atoms with E-state index in [1.54, 1.807) is 4.90 Å². The maximum atomic E-state index is 12.1. The summed E-state index contributed by atoms with van der Waals surface area (Å²) in [6, 6.07) is 9.50. The zero-order valence-electron chi connectivity index (χ0n) is 11.8. The molecule has 0 unspecified atom stereocenters. The van der Waals surface area contributed by atoms with Crippen molar-refractivity contribution in [3.05, 3.63) is 35.9 Å². The quantitative estimate of drug-likeness (QED) is 0.805. The number of rotatable bonds is 5. The van der Waals surface area contributed by atoms with Crippen LogP contribution in [0.2, 0.25) is 0 Å². The first-order valence-electron chi connectivity index (χ1n) is 6.78. The summed E-state index contributed by atoms with van der Waals surface area (Å²) in [4.78, 5) is 36.1. The van der Waals surface area contributed by atoms with Gasteiger partial charge < -0.3 is 15.4 Å². The van der Waals surface area contributed by atoms with Crippen LogP contribution in [0.1, 0.15) is 24.9 Å². The van der Waals surface area contributed by atoms with Crippen LogP contribution in [0.25, 0.3) is 0 Å². The SMILES string of the molecule is C[C@H](c1ccccc1)N1C[C@@H](C(=O)OCC(N)=O)CC1=O. The Morgan fingerprint density at radius 1 is 1.38 bits per heavy atom. The van der Waals surface area contributed by atoms with Crippen LogP contribution in [0.5, 0.6) is 0 Å². The number of nitrogens with zero attached hydrogens (tertiary/aromatic N) is 1. The molecule has 1 aromatic rings. The van der Waals surface area contributed by atoms with Crippen LogP contribution in [0.4, 0.5) is 0 Å². The van der Waals surface area contributed by atoms with Crippen molar-refractivity contribution in [1.82, 2.24) is 4.90 Å². The summed E-state index contributed by atoms with van der Waals surface area (Å²) in [5.74, 6) is -1.89. The molecule has 1 aromatic carbocycles. The molecule has 112 valence electrons. The molecule has 2 N–H and O–H groups in total. The smallest absolute Gasteiger partial charge is 0.311 e. The van der Waals surface area contributed by atoms with Crippen molar-refractivity contribution < 1.29 is 19.1 Å². The Kier molecular flexibility index (Phi) is 4.57. The molecule has 0 aliphatic carbocycles. The molecule has 2 amide bonds. The Balaban J connectivity index is 1.99. The third-order valence-electron chi connectivity index (χ3n) is 3.60. The molecule has 21 heavy (non-hydrogen) atoms. The maximum absolute atomic E-state index is 12.1. The van der Waals surface area contributed by atoms with Crippen LogP contribution >= 0.6 is 0 Å². The van der Waals surface area contributed by atoms with E-state index >= 15 is 0 Å². The number of esters is 1. The van der Waals surface area contributed by atoms with E-state index in [2.05, 4.69) is 0 Å². The van der Waals surface area contributed by atoms with Crippen molar-refractivity contribution in [3.8, 4) is 0 Å². The molecule has 1 aliphatic rings. The lowest BCUT2D eigenvalue weighted by Gasteiger charge is -2.25. The predicted octanol–water partition coefficient (Wildman–Crippen LogP) is 0.625. The second-order valence-corrected chi connectivity index (χ2v) is 5.11. The van der Waals surface area contributed by atoms with Gasteiger partial charge in [0, 0.05) is 13.0 Å². The molecule has 2 atom stereocenters. The molecule has 6 heteroatoms. The number of ether oxygens (including phenoxy) is 1. The lowest BCUT2D eigenvalue weighted by atomic mass is 10.1. The van der Waals surface area contributed by atoms with E-state index in [9.17, 15) is 14.4 Å². The van der Waals surface area contributed by atoms with E-state index in [1.165, 1.54) is 0 Å². The van der Waals surface area contributed by atoms with E-state index in [4.69, 9.17) is 10.5 Å². The highest BCUT2D eigenvalue weighted by molar-refractivity contribution is 5.88. The summed E-state index contributed by atoms with van der Waals surface area (Å²) in [5.41, 5.74) is 5.94. The maximum Gasteiger partial charge on any atom is 0.311 e. The van der Waals surface area contributed by atoms with E-state index in [0.29, 0.717) is 6.54 Å². The van der Waals surface area contributed by atoms with Gasteiger partial charge in [-0.15, -0.1) is 0 Å². The molecule has 0 spiro atoms. The Hall–Kier alpha value is -2.37. The largest absolute Gasteiger partial charge is 0.455 e. The fourth-order valence-electron chi connectivity index (χ4n) is 2.44. The number of primary amides is 1. The van der Waals surface area contributed by atoms with E-state index < -0.39 is 24.4 Å². The number of hydrogen-bond acceptors (Lipinski definition) is 4. The lowest BCUT2D eigenvalue weighted by Crippen LogP contribution is -2.30. The van der Waals surface area contributed by atoms with Crippen molar-refractivity contribution in [1.29, 1.82) is 0 Å². The monoisotopic (exact) mass is 290 g/mol. The number of nitrogens with two attached hydrogens (primary N) is 1. The minimum absolute atomic E-state index is 0.0904. The summed E-state index contributed by atoms with van der Waals surface area (Å²) >= 11 is 0. The first-order chi connectivity index (χ1) is 9.99. The Labute approximate surface area is 122 Å². The number of carbonyl (C=O) groups is 3. The predicted molar refractivity (Wildman–Crippen MR) is 74.8 cm³/mol. The standard InChI is InChI=1S/C15H18N2O4/c1-10(11-5-3-2-4-6-11)17-8-12(7-14(17)19)15(20)21-9-13(16)18/h2-6,10,12H,7-9H2,1H3,(H2,16,18)/t10-,12+/m1/s1. The molecule has 6 nitrogen and oxygen atoms in total. The van der Waals surface area contributed by atoms with Crippen LogP contribution in [0.3, 0.4) is 0 Å². The Bertz CT molecular complexity index is 544. The van der Waals surface area contributed by atoms with E-state index in [1.807, 2.05) is 37.3 Å². The van der Waals surface area contributed by atoms with Crippen molar-refractivity contribution in [3.63, 3.8) is 0 Å². The van der Waals surface area contributed by atoms with Gasteiger partial charge in [0.2, 0.25) is 5.91 Å². The van der Waals surface area contributed by atoms with Gasteiger partial charge in [0.05, 0.1) is 12.0 Å². The fraction of sp³-hybridized carbons (Fsp3) is 0.400. The molecule has 0 aromatic heterocycles. The zero-order valence-corrected chi connectivity index (χ0v) is 11.8. The van der Waals surface area contributed by atoms with Gasteiger partial charge in [-0.1, -0.05) is 30.3 Å². The molecular formula is C15H18N2O4. The average Bonchev–Trinajstić information content (AvgIpc) is 2.87. The van der Waals surface area contributed by atoms with Crippen LogP contribution in [-0.2, 0) is 19.1 Å². The molecule has 1 saturated heterocycles. The van der Waals surface area contributed by atoms with Crippen molar-refractivity contribution >= 4 is 17.8 Å². The highest BCUT2D eigenvalue weighted by Gasteiger charge is 2.37. The summed E-state index contributed by atoms with van der Waals surface area (Å²) in [6.45, 7) is 1.77. The van der Waals surface area contributed by atoms with E-state index in [0.717, 1.165) is 5.56 Å². The summed E-state index contributed by atoms with van der Waals surface area (Å²) < 4.78 is 4.78. The number of carbonyl (C=O) groups excluding carboxylic acids is 3. The molecule has 1 heterocycles. The number of benzene rings is 1. The van der Waals surface area contributed by atoms with E-state index in [-0.39, 0.29) is 18.4 Å². The second-order valence-electron chi connectivity index (χ2n) is 5.11. The van der Waals surface area contributed by atoms with Crippen LogP contribution < -0.4 is 5.73 Å². The van der Waals surface area contributed by atoms with Crippen LogP contribution in [-0.4, -0.2) is 35.8 Å². The van der Waals surface area contributed by atoms with Crippen molar-refractivity contribution in [2.75, 3.05) is 13.2 Å². The van der Waals surface area contributed by atoms with Gasteiger partial charge in [-0.2, -0.15) is 0 Å². The van der Waals surface area contributed by atoms with Gasteiger partial charge in [0.1, 0.15) is 0 Å². The average molecular weight is 290 g/mol. The Morgan fingerprint density at radius 2 is 2.05 bits per heavy atom. The number of amides is 2. The minimum Gasteiger partial charge on any atom is -0.455 e. The van der Waals surface area contributed by atoms with Crippen LogP contribution in [0, 0.1) is 5.92 Å². The van der Waals surface area contributed by atoms with Gasteiger partial charge in [0.15, 0.2) is 6.61 Å². The molecule has 0 radical (unpaired) electrons. The first-order valence-corrected chi connectivity index (χ1v) is 6.78. The number of hydrogen-bond donors (Lipinski definition) is 1. The van der Waals surface area contributed by atoms with Gasteiger partial charge in [-0.3, -0.25) is 14.4 Å². The Morgan fingerprint density at radius 3 is 2.67 bits per heavy atom. The third kappa shape index (κ3) is 3.59. The summed E-state index contributed by atoms with van der Waals surface area (Å²) in [7, 11) is 0. The van der Waals surface area contributed by atoms with Crippen LogP contribution in [0.15, 0.2) is 30.3 Å². The molecule has 2 rings (SSSR count). The molecule has 0 bridgehead atoms. The summed E-state index contributed by atoms with van der Waals surface area (Å²) in [6.07, 6.45) is 0.106. The highest BCUT2D eigenvalue weighted by Crippen LogP contribution is 2.28.